The van der Waals surface area contributed by atoms with Crippen LogP contribution in [0, 0.1) is 0 Å². The van der Waals surface area contributed by atoms with Crippen molar-refractivity contribution in [2.75, 3.05) is 21.3 Å². The first-order valence-corrected chi connectivity index (χ1v) is 15.8. The molecule has 0 bridgehead atoms. The summed E-state index contributed by atoms with van der Waals surface area (Å²) < 4.78 is 0. The van der Waals surface area contributed by atoms with Gasteiger partial charge in [-0.25, -0.2) is 9.59 Å². The zero-order valence-corrected chi connectivity index (χ0v) is 25.3. The van der Waals surface area contributed by atoms with Gasteiger partial charge in [-0.3, -0.25) is 19.4 Å². The zero-order valence-electron chi connectivity index (χ0n) is 22.7. The van der Waals surface area contributed by atoms with Crippen LogP contribution in [-0.4, -0.2) is 55.2 Å². The summed E-state index contributed by atoms with van der Waals surface area (Å²) in [5.74, 6) is -0.981. The van der Waals surface area contributed by atoms with Crippen molar-refractivity contribution in [3.05, 3.63) is 59.7 Å². The molecule has 2 aromatic carbocycles. The quantitative estimate of drug-likeness (QED) is 0.377. The maximum atomic E-state index is 12.3. The zero-order chi connectivity index (χ0) is 28.3. The molecule has 4 aliphatic rings. The third-order valence-corrected chi connectivity index (χ3v) is 11.3. The van der Waals surface area contributed by atoms with E-state index in [0.29, 0.717) is 22.9 Å². The predicted octanol–water partition coefficient (Wildman–Crippen LogP) is 6.25. The van der Waals surface area contributed by atoms with Crippen LogP contribution < -0.4 is 9.80 Å². The van der Waals surface area contributed by atoms with Gasteiger partial charge in [0.15, 0.2) is 0 Å². The van der Waals surface area contributed by atoms with E-state index in [9.17, 15) is 29.4 Å². The molecule has 2 N–H and O–H groups in total. The number of nitrogens with zero attached hydrogens (tertiary/aromatic N) is 2. The van der Waals surface area contributed by atoms with Crippen molar-refractivity contribution < 1.29 is 45.9 Å². The second kappa shape index (κ2) is 13.2. The van der Waals surface area contributed by atoms with Gasteiger partial charge in [0.25, 0.3) is 0 Å². The van der Waals surface area contributed by atoms with E-state index in [-0.39, 0.29) is 49.2 Å². The molecule has 6 rings (SSSR count). The van der Waals surface area contributed by atoms with Gasteiger partial charge in [0.05, 0.1) is 43.7 Å². The van der Waals surface area contributed by atoms with Crippen molar-refractivity contribution >= 4 is 58.7 Å². The molecule has 0 atom stereocenters. The average Bonchev–Trinajstić information content (AvgIpc) is 3.44. The van der Waals surface area contributed by atoms with E-state index in [2.05, 4.69) is 0 Å². The number of carbonyl (C=O) groups excluding carboxylic acids is 2. The number of carboxylic acids is 2. The summed E-state index contributed by atoms with van der Waals surface area (Å²) in [6, 6.07) is 13.7. The fourth-order valence-electron chi connectivity index (χ4n) is 6.46. The van der Waals surface area contributed by atoms with E-state index in [1.807, 2.05) is 0 Å². The van der Waals surface area contributed by atoms with Crippen molar-refractivity contribution in [2.45, 2.75) is 74.0 Å². The first-order chi connectivity index (χ1) is 19.3. The van der Waals surface area contributed by atoms with E-state index in [0.717, 1.165) is 51.4 Å². The summed E-state index contributed by atoms with van der Waals surface area (Å²) in [6.07, 6.45) is 10.6. The molecule has 0 unspecified atom stereocenters. The van der Waals surface area contributed by atoms with Gasteiger partial charge in [-0.2, -0.15) is 0 Å². The number of rotatable bonds is 4. The molecule has 4 fully saturated rings. The summed E-state index contributed by atoms with van der Waals surface area (Å²) in [5.41, 5.74) is 1.54. The summed E-state index contributed by atoms with van der Waals surface area (Å²) in [6.45, 7) is 0. The maximum absolute atomic E-state index is 12.3. The Kier molecular flexibility index (Phi) is 10.1. The number of para-hydroxylation sites is 2. The molecule has 11 heteroatoms. The van der Waals surface area contributed by atoms with Crippen LogP contribution in [0.1, 0.15) is 84.9 Å². The van der Waals surface area contributed by atoms with Crippen molar-refractivity contribution in [3.8, 4) is 0 Å². The van der Waals surface area contributed by atoms with Gasteiger partial charge in [-0.05, 0) is 49.9 Å². The monoisotopic (exact) mass is 640 g/mol. The molecule has 2 saturated heterocycles. The van der Waals surface area contributed by atoms with Crippen LogP contribution in [0.3, 0.4) is 0 Å². The summed E-state index contributed by atoms with van der Waals surface area (Å²) >= 11 is 3.36. The van der Waals surface area contributed by atoms with Gasteiger partial charge >= 0.3 is 11.9 Å². The van der Waals surface area contributed by atoms with Crippen LogP contribution in [0.2, 0.25) is 0 Å². The molecule has 2 heterocycles. The summed E-state index contributed by atoms with van der Waals surface area (Å²) in [7, 11) is 0. The molecular formula is C30H34N2NiO6S2. The van der Waals surface area contributed by atoms with Crippen LogP contribution in [-0.2, 0) is 26.1 Å². The van der Waals surface area contributed by atoms with Crippen LogP contribution in [0.25, 0.3) is 0 Å². The van der Waals surface area contributed by atoms with Crippen LogP contribution >= 0.6 is 23.5 Å². The van der Waals surface area contributed by atoms with E-state index in [1.165, 1.54) is 12.8 Å². The van der Waals surface area contributed by atoms with Crippen molar-refractivity contribution in [1.82, 2.24) is 0 Å². The molecule has 41 heavy (non-hydrogen) atoms. The topological polar surface area (TPSA) is 115 Å². The van der Waals surface area contributed by atoms with Gasteiger partial charge in [0.1, 0.15) is 0 Å². The molecule has 222 valence electrons. The molecule has 2 aromatic rings. The number of carbonyl (C=O) groups is 4. The van der Waals surface area contributed by atoms with E-state index >= 15 is 0 Å². The molecule has 2 spiro atoms. The standard InChI is InChI=1S/2C15H17NO3S.Ni/c2*17-13-10-20-15(8-4-1-5-9-15)16(13)12-7-3-2-6-11(12)14(18)19;/h2*2-3,6-7H,1,4-5,8-10H2,(H,18,19);. The minimum absolute atomic E-state index is 0. The normalized spacial score (nSPS) is 20.9. The average molecular weight is 641 g/mol. The van der Waals surface area contributed by atoms with E-state index < -0.39 is 11.9 Å². The molecule has 2 saturated carbocycles. The van der Waals surface area contributed by atoms with Gasteiger partial charge in [-0.15, -0.1) is 23.5 Å². The summed E-state index contributed by atoms with van der Waals surface area (Å²) in [5, 5.41) is 18.7. The van der Waals surface area contributed by atoms with E-state index in [4.69, 9.17) is 0 Å². The van der Waals surface area contributed by atoms with Crippen LogP contribution in [0.5, 0.6) is 0 Å². The summed E-state index contributed by atoms with van der Waals surface area (Å²) in [4.78, 5) is 50.6. The number of hydrogen-bond donors (Lipinski definition) is 2. The molecule has 0 aromatic heterocycles. The Hall–Kier alpha value is -2.49. The second-order valence-electron chi connectivity index (χ2n) is 10.7. The fraction of sp³-hybridized carbons (Fsp3) is 0.467. The molecule has 2 amide bonds. The largest absolute Gasteiger partial charge is 0.478 e. The smallest absolute Gasteiger partial charge is 0.337 e. The molecule has 8 nitrogen and oxygen atoms in total. The van der Waals surface area contributed by atoms with Gasteiger partial charge in [0, 0.05) is 16.5 Å². The maximum Gasteiger partial charge on any atom is 0.337 e. The Morgan fingerprint density at radius 1 is 0.610 bits per heavy atom. The van der Waals surface area contributed by atoms with Gasteiger partial charge in [0.2, 0.25) is 11.8 Å². The third-order valence-electron chi connectivity index (χ3n) is 8.26. The van der Waals surface area contributed by atoms with Crippen molar-refractivity contribution in [1.29, 1.82) is 0 Å². The van der Waals surface area contributed by atoms with E-state index in [1.54, 1.807) is 81.9 Å². The number of carboxylic acid groups (broad SMARTS) is 2. The second-order valence-corrected chi connectivity index (χ2v) is 13.4. The molecular weight excluding hydrogens is 607 g/mol. The minimum atomic E-state index is -0.976. The number of amides is 2. The Morgan fingerprint density at radius 3 is 1.29 bits per heavy atom. The molecule has 2 aliphatic carbocycles. The Bertz CT molecular complexity index is 1210. The van der Waals surface area contributed by atoms with Crippen LogP contribution in [0.15, 0.2) is 48.5 Å². The van der Waals surface area contributed by atoms with Gasteiger partial charge < -0.3 is 10.2 Å². The first kappa shape index (κ1) is 31.4. The predicted molar refractivity (Wildman–Crippen MR) is 158 cm³/mol. The Labute approximate surface area is 258 Å². The molecule has 2 aliphatic heterocycles. The fourth-order valence-corrected chi connectivity index (χ4v) is 9.31. The number of anilines is 2. The first-order valence-electron chi connectivity index (χ1n) is 13.9. The Balaban J connectivity index is 0.000000184. The van der Waals surface area contributed by atoms with Gasteiger partial charge in [-0.1, -0.05) is 62.8 Å². The van der Waals surface area contributed by atoms with Crippen LogP contribution in [0.4, 0.5) is 11.4 Å². The number of benzene rings is 2. The van der Waals surface area contributed by atoms with Crippen molar-refractivity contribution in [3.63, 3.8) is 0 Å². The number of thioether (sulfide) groups is 2. The Morgan fingerprint density at radius 2 is 0.951 bits per heavy atom. The SMILES string of the molecule is O=C(O)c1ccccc1N1C(=O)CSC12CCCCC2.O=C(O)c1ccccc1N1C(=O)CSC12CCCCC2.[Ni]. The molecule has 0 radical (unpaired) electrons. The third kappa shape index (κ3) is 6.18. The minimum Gasteiger partial charge on any atom is -0.478 e. The number of hydrogen-bond acceptors (Lipinski definition) is 6. The van der Waals surface area contributed by atoms with Crippen molar-refractivity contribution in [2.24, 2.45) is 0 Å². The number of aromatic carboxylic acids is 2.